The number of para-hydroxylation sites is 1. The molecule has 182 valence electrons. The molecule has 4 heterocycles. The van der Waals surface area contributed by atoms with Gasteiger partial charge in [-0.3, -0.25) is 9.69 Å². The van der Waals surface area contributed by atoms with Gasteiger partial charge in [-0.2, -0.15) is 5.10 Å². The standard InChI is InChI=1S/C23H28N10O2/c1-13(2)31-9-10-32(23(31)35)18-11-16(20(28-27-18)22(34)24-4)26-15-7-6-8-17-21(15)30(5)12-19-25-14(3)29-33(17)19/h6-8,11,13H,9-10,12H2,1-5H3,(H,24,34)(H,26,27). The number of hydrogen-bond acceptors (Lipinski definition) is 8. The second kappa shape index (κ2) is 8.53. The Morgan fingerprint density at radius 2 is 1.94 bits per heavy atom. The maximum absolute atomic E-state index is 12.9. The smallest absolute Gasteiger partial charge is 0.326 e. The Morgan fingerprint density at radius 3 is 2.66 bits per heavy atom. The number of rotatable bonds is 5. The van der Waals surface area contributed by atoms with Crippen molar-refractivity contribution in [1.29, 1.82) is 0 Å². The van der Waals surface area contributed by atoms with E-state index in [9.17, 15) is 9.59 Å². The Hall–Kier alpha value is -4.22. The molecule has 35 heavy (non-hydrogen) atoms. The van der Waals surface area contributed by atoms with E-state index in [1.807, 2.05) is 50.7 Å². The molecule has 12 heteroatoms. The van der Waals surface area contributed by atoms with Crippen molar-refractivity contribution in [2.24, 2.45) is 0 Å². The zero-order chi connectivity index (χ0) is 24.9. The van der Waals surface area contributed by atoms with Gasteiger partial charge in [0.15, 0.2) is 17.3 Å². The molecule has 2 aliphatic heterocycles. The van der Waals surface area contributed by atoms with Crippen LogP contribution in [0.25, 0.3) is 5.69 Å². The van der Waals surface area contributed by atoms with Gasteiger partial charge in [0.2, 0.25) is 0 Å². The van der Waals surface area contributed by atoms with Crippen LogP contribution in [0.4, 0.5) is 27.7 Å². The molecule has 0 radical (unpaired) electrons. The summed E-state index contributed by atoms with van der Waals surface area (Å²) >= 11 is 0. The molecule has 0 aliphatic carbocycles. The molecule has 0 bridgehead atoms. The van der Waals surface area contributed by atoms with Crippen molar-refractivity contribution in [3.63, 3.8) is 0 Å². The van der Waals surface area contributed by atoms with E-state index in [1.54, 1.807) is 22.9 Å². The van der Waals surface area contributed by atoms with E-state index in [0.717, 1.165) is 22.9 Å². The highest BCUT2D eigenvalue weighted by atomic mass is 16.2. The molecular weight excluding hydrogens is 448 g/mol. The van der Waals surface area contributed by atoms with Crippen LogP contribution in [0.5, 0.6) is 0 Å². The van der Waals surface area contributed by atoms with Gasteiger partial charge in [-0.05, 0) is 32.9 Å². The van der Waals surface area contributed by atoms with Crippen LogP contribution in [0.1, 0.15) is 36.0 Å². The zero-order valence-corrected chi connectivity index (χ0v) is 20.4. The minimum Gasteiger partial charge on any atom is -0.364 e. The second-order valence-electron chi connectivity index (χ2n) is 8.91. The molecule has 5 rings (SSSR count). The van der Waals surface area contributed by atoms with E-state index in [1.165, 1.54) is 0 Å². The molecule has 3 aromatic rings. The zero-order valence-electron chi connectivity index (χ0n) is 20.4. The first-order valence-electron chi connectivity index (χ1n) is 11.5. The molecule has 3 amide bonds. The van der Waals surface area contributed by atoms with Crippen molar-refractivity contribution < 1.29 is 9.59 Å². The monoisotopic (exact) mass is 476 g/mol. The quantitative estimate of drug-likeness (QED) is 0.574. The lowest BCUT2D eigenvalue weighted by Crippen LogP contribution is -2.36. The van der Waals surface area contributed by atoms with Crippen LogP contribution in [-0.2, 0) is 6.54 Å². The van der Waals surface area contributed by atoms with Gasteiger partial charge in [-0.1, -0.05) is 6.07 Å². The molecule has 1 fully saturated rings. The van der Waals surface area contributed by atoms with Gasteiger partial charge in [0, 0.05) is 39.3 Å². The van der Waals surface area contributed by atoms with Crippen LogP contribution in [0.15, 0.2) is 24.3 Å². The van der Waals surface area contributed by atoms with Crippen LogP contribution in [0, 0.1) is 6.92 Å². The lowest BCUT2D eigenvalue weighted by atomic mass is 10.1. The van der Waals surface area contributed by atoms with Crippen molar-refractivity contribution in [1.82, 2.24) is 35.2 Å². The first kappa shape index (κ1) is 22.6. The number of nitrogens with one attached hydrogen (secondary N) is 2. The molecule has 12 nitrogen and oxygen atoms in total. The Balaban J connectivity index is 1.56. The summed E-state index contributed by atoms with van der Waals surface area (Å²) in [5.74, 6) is 1.57. The Kier molecular flexibility index (Phi) is 5.50. The van der Waals surface area contributed by atoms with Crippen molar-refractivity contribution in [2.75, 3.05) is 42.3 Å². The van der Waals surface area contributed by atoms with Crippen LogP contribution in [0.2, 0.25) is 0 Å². The van der Waals surface area contributed by atoms with Gasteiger partial charge in [0.25, 0.3) is 5.91 Å². The third-order valence-corrected chi connectivity index (χ3v) is 6.22. The van der Waals surface area contributed by atoms with E-state index >= 15 is 0 Å². The average Bonchev–Trinajstić information content (AvgIpc) is 3.40. The number of anilines is 4. The predicted molar refractivity (Wildman–Crippen MR) is 131 cm³/mol. The van der Waals surface area contributed by atoms with Gasteiger partial charge < -0.3 is 20.4 Å². The number of urea groups is 1. The third-order valence-electron chi connectivity index (χ3n) is 6.22. The lowest BCUT2D eigenvalue weighted by Gasteiger charge is -2.30. The Bertz CT molecular complexity index is 1320. The highest BCUT2D eigenvalue weighted by Gasteiger charge is 2.33. The summed E-state index contributed by atoms with van der Waals surface area (Å²) in [5.41, 5.74) is 3.15. The van der Waals surface area contributed by atoms with Gasteiger partial charge in [0.1, 0.15) is 5.82 Å². The van der Waals surface area contributed by atoms with E-state index in [-0.39, 0.29) is 23.7 Å². The lowest BCUT2D eigenvalue weighted by molar-refractivity contribution is 0.0958. The summed E-state index contributed by atoms with van der Waals surface area (Å²) in [5, 5.41) is 18.9. The van der Waals surface area contributed by atoms with Crippen LogP contribution in [-0.4, -0.2) is 75.0 Å². The third kappa shape index (κ3) is 3.80. The van der Waals surface area contributed by atoms with E-state index in [0.29, 0.717) is 37.0 Å². The van der Waals surface area contributed by atoms with Crippen molar-refractivity contribution in [3.8, 4) is 5.69 Å². The predicted octanol–water partition coefficient (Wildman–Crippen LogP) is 2.07. The van der Waals surface area contributed by atoms with Gasteiger partial charge in [-0.25, -0.2) is 14.5 Å². The van der Waals surface area contributed by atoms with Crippen LogP contribution >= 0.6 is 0 Å². The first-order valence-corrected chi connectivity index (χ1v) is 11.5. The molecule has 1 aromatic carbocycles. The fraction of sp³-hybridized carbons (Fsp3) is 0.391. The number of fused-ring (bicyclic) bond motifs is 3. The molecule has 0 spiro atoms. The van der Waals surface area contributed by atoms with E-state index < -0.39 is 0 Å². The number of carbonyl (C=O) groups is 2. The van der Waals surface area contributed by atoms with Gasteiger partial charge in [-0.15, -0.1) is 10.2 Å². The molecule has 0 saturated carbocycles. The second-order valence-corrected chi connectivity index (χ2v) is 8.91. The summed E-state index contributed by atoms with van der Waals surface area (Å²) < 4.78 is 1.84. The maximum atomic E-state index is 12.9. The normalized spacial score (nSPS) is 14.9. The molecule has 0 atom stereocenters. The number of nitrogens with zero attached hydrogens (tertiary/aromatic N) is 8. The molecular formula is C23H28N10O2. The minimum atomic E-state index is -0.379. The van der Waals surface area contributed by atoms with Gasteiger partial charge >= 0.3 is 6.03 Å². The summed E-state index contributed by atoms with van der Waals surface area (Å²) in [6, 6.07) is 7.48. The van der Waals surface area contributed by atoms with Crippen molar-refractivity contribution >= 4 is 34.8 Å². The highest BCUT2D eigenvalue weighted by molar-refractivity contribution is 6.00. The first-order chi connectivity index (χ1) is 16.8. The summed E-state index contributed by atoms with van der Waals surface area (Å²) in [4.78, 5) is 35.5. The van der Waals surface area contributed by atoms with Crippen LogP contribution < -0.4 is 20.4 Å². The molecule has 2 aliphatic rings. The number of aryl methyl sites for hydroxylation is 1. The molecule has 2 N–H and O–H groups in total. The van der Waals surface area contributed by atoms with E-state index in [4.69, 9.17) is 0 Å². The topological polar surface area (TPSA) is 124 Å². The Morgan fingerprint density at radius 1 is 1.14 bits per heavy atom. The Labute approximate surface area is 202 Å². The molecule has 2 aromatic heterocycles. The average molecular weight is 477 g/mol. The van der Waals surface area contributed by atoms with E-state index in [2.05, 4.69) is 35.8 Å². The number of amides is 3. The fourth-order valence-electron chi connectivity index (χ4n) is 4.54. The summed E-state index contributed by atoms with van der Waals surface area (Å²) in [7, 11) is 3.52. The van der Waals surface area contributed by atoms with Gasteiger partial charge in [0.05, 0.1) is 29.3 Å². The number of aromatic nitrogens is 5. The SMILES string of the molecule is CNC(=O)c1nnc(N2CCN(C(C)C)C2=O)cc1Nc1cccc2c1N(C)Cc1nc(C)nn1-2. The fourth-order valence-corrected chi connectivity index (χ4v) is 4.54. The van der Waals surface area contributed by atoms with Crippen LogP contribution in [0.3, 0.4) is 0 Å². The largest absolute Gasteiger partial charge is 0.364 e. The maximum Gasteiger partial charge on any atom is 0.326 e. The molecule has 0 unspecified atom stereocenters. The van der Waals surface area contributed by atoms with Crippen molar-refractivity contribution in [2.45, 2.75) is 33.4 Å². The summed E-state index contributed by atoms with van der Waals surface area (Å²) in [6.07, 6.45) is 0. The summed E-state index contributed by atoms with van der Waals surface area (Å²) in [6.45, 7) is 7.52. The number of carbonyl (C=O) groups excluding carboxylic acids is 2. The minimum absolute atomic E-state index is 0.0832. The van der Waals surface area contributed by atoms with Crippen molar-refractivity contribution in [3.05, 3.63) is 41.6 Å². The highest BCUT2D eigenvalue weighted by Crippen LogP contribution is 2.38. The number of benzene rings is 1. The molecule has 1 saturated heterocycles. The number of hydrogen-bond donors (Lipinski definition) is 2.